The highest BCUT2D eigenvalue weighted by molar-refractivity contribution is 5.38. The van der Waals surface area contributed by atoms with Crippen molar-refractivity contribution >= 4 is 5.82 Å². The first kappa shape index (κ1) is 12.7. The summed E-state index contributed by atoms with van der Waals surface area (Å²) >= 11 is 0. The Hall–Kier alpha value is -1.36. The highest BCUT2D eigenvalue weighted by Gasteiger charge is 2.00. The van der Waals surface area contributed by atoms with Crippen molar-refractivity contribution in [2.75, 3.05) is 25.5 Å². The lowest BCUT2D eigenvalue weighted by molar-refractivity contribution is 0.396. The molecule has 0 fully saturated rings. The van der Waals surface area contributed by atoms with Crippen molar-refractivity contribution in [1.29, 1.82) is 0 Å². The predicted molar refractivity (Wildman–Crippen MR) is 64.7 cm³/mol. The average Bonchev–Trinajstić information content (AvgIpc) is 2.28. The molecule has 1 aromatic rings. The maximum absolute atomic E-state index is 5.42. The number of nitrogens with two attached hydrogens (primary N) is 1. The fourth-order valence-corrected chi connectivity index (χ4v) is 1.40. The molecule has 0 aromatic carbocycles. The van der Waals surface area contributed by atoms with E-state index in [9.17, 15) is 0 Å². The monoisotopic (exact) mass is 224 g/mol. The molecule has 0 aliphatic carbocycles. The van der Waals surface area contributed by atoms with Gasteiger partial charge in [0.05, 0.1) is 7.11 Å². The van der Waals surface area contributed by atoms with Gasteiger partial charge in [-0.25, -0.2) is 4.98 Å². The highest BCUT2D eigenvalue weighted by Crippen LogP contribution is 2.12. The number of unbranched alkanes of at least 4 members (excludes halogenated alkanes) is 2. The molecule has 0 aliphatic rings. The molecule has 0 unspecified atom stereocenters. The number of hydrogen-bond acceptors (Lipinski definition) is 5. The minimum absolute atomic E-state index is 0.594. The number of methoxy groups -OCH3 is 1. The Morgan fingerprint density at radius 3 is 2.81 bits per heavy atom. The van der Waals surface area contributed by atoms with E-state index in [1.54, 1.807) is 13.2 Å². The number of rotatable bonds is 7. The van der Waals surface area contributed by atoms with Crippen LogP contribution in [0.15, 0.2) is 6.07 Å². The van der Waals surface area contributed by atoms with Gasteiger partial charge in [0, 0.05) is 12.6 Å². The predicted octanol–water partition coefficient (Wildman–Crippen LogP) is 1.33. The van der Waals surface area contributed by atoms with Gasteiger partial charge in [-0.15, -0.1) is 0 Å². The lowest BCUT2D eigenvalue weighted by Gasteiger charge is -2.07. The van der Waals surface area contributed by atoms with Crippen LogP contribution in [0.1, 0.15) is 25.1 Å². The Bertz CT molecular complexity index is 317. The minimum atomic E-state index is 0.594. The number of nitrogens with one attached hydrogen (secondary N) is 1. The van der Waals surface area contributed by atoms with Crippen LogP contribution in [0.5, 0.6) is 5.88 Å². The summed E-state index contributed by atoms with van der Waals surface area (Å²) in [6.45, 7) is 3.52. The van der Waals surface area contributed by atoms with Crippen LogP contribution in [-0.2, 0) is 0 Å². The standard InChI is InChI=1S/C11H20N4O/c1-9-14-10(8-11(15-9)16-2)13-7-5-3-4-6-12/h8H,3-7,12H2,1-2H3,(H,13,14,15). The molecule has 0 atom stereocenters. The Morgan fingerprint density at radius 2 is 2.12 bits per heavy atom. The van der Waals surface area contributed by atoms with E-state index in [1.165, 1.54) is 0 Å². The first-order chi connectivity index (χ1) is 7.76. The number of ether oxygens (including phenoxy) is 1. The van der Waals surface area contributed by atoms with Crippen LogP contribution in [0, 0.1) is 6.92 Å². The van der Waals surface area contributed by atoms with Gasteiger partial charge in [0.1, 0.15) is 11.6 Å². The SMILES string of the molecule is COc1cc(NCCCCCN)nc(C)n1. The Kier molecular flexibility index (Phi) is 5.56. The molecule has 0 saturated carbocycles. The van der Waals surface area contributed by atoms with E-state index in [0.29, 0.717) is 11.7 Å². The number of hydrogen-bond donors (Lipinski definition) is 2. The molecule has 1 rings (SSSR count). The molecule has 0 saturated heterocycles. The van der Waals surface area contributed by atoms with Crippen LogP contribution < -0.4 is 15.8 Å². The number of anilines is 1. The lowest BCUT2D eigenvalue weighted by atomic mass is 10.2. The fraction of sp³-hybridized carbons (Fsp3) is 0.636. The molecule has 1 heterocycles. The smallest absolute Gasteiger partial charge is 0.218 e. The van der Waals surface area contributed by atoms with Crippen LogP contribution >= 0.6 is 0 Å². The van der Waals surface area contributed by atoms with Crippen LogP contribution in [-0.4, -0.2) is 30.2 Å². The first-order valence-corrected chi connectivity index (χ1v) is 5.60. The Balaban J connectivity index is 2.38. The third kappa shape index (κ3) is 4.44. The molecule has 16 heavy (non-hydrogen) atoms. The number of nitrogens with zero attached hydrogens (tertiary/aromatic N) is 2. The number of aromatic nitrogens is 2. The molecule has 90 valence electrons. The van der Waals surface area contributed by atoms with Gasteiger partial charge in [-0.2, -0.15) is 4.98 Å². The Morgan fingerprint density at radius 1 is 1.31 bits per heavy atom. The summed E-state index contributed by atoms with van der Waals surface area (Å²) in [5, 5.41) is 3.25. The van der Waals surface area contributed by atoms with Crippen LogP contribution in [0.3, 0.4) is 0 Å². The van der Waals surface area contributed by atoms with Crippen LogP contribution in [0.2, 0.25) is 0 Å². The minimum Gasteiger partial charge on any atom is -0.481 e. The normalized spacial score (nSPS) is 10.2. The van der Waals surface area contributed by atoms with Gasteiger partial charge in [-0.05, 0) is 26.3 Å². The highest BCUT2D eigenvalue weighted by atomic mass is 16.5. The largest absolute Gasteiger partial charge is 0.481 e. The third-order valence-corrected chi connectivity index (χ3v) is 2.21. The second-order valence-electron chi connectivity index (χ2n) is 3.62. The van der Waals surface area contributed by atoms with Crippen molar-refractivity contribution in [3.05, 3.63) is 11.9 Å². The number of aryl methyl sites for hydroxylation is 1. The second kappa shape index (κ2) is 7.00. The molecule has 0 amide bonds. The molecular weight excluding hydrogens is 204 g/mol. The Labute approximate surface area is 96.4 Å². The molecule has 3 N–H and O–H groups in total. The van der Waals surface area contributed by atoms with Gasteiger partial charge < -0.3 is 15.8 Å². The van der Waals surface area contributed by atoms with Crippen molar-refractivity contribution in [1.82, 2.24) is 9.97 Å². The molecule has 0 radical (unpaired) electrons. The quantitative estimate of drug-likeness (QED) is 0.684. The summed E-state index contributed by atoms with van der Waals surface area (Å²) in [5.41, 5.74) is 5.42. The van der Waals surface area contributed by atoms with Crippen molar-refractivity contribution < 1.29 is 4.74 Å². The molecular formula is C11H20N4O. The maximum atomic E-state index is 5.42. The molecule has 0 aliphatic heterocycles. The van der Waals surface area contributed by atoms with Crippen molar-refractivity contribution in [2.24, 2.45) is 5.73 Å². The molecule has 0 spiro atoms. The zero-order chi connectivity index (χ0) is 11.8. The summed E-state index contributed by atoms with van der Waals surface area (Å²) in [5.74, 6) is 2.12. The van der Waals surface area contributed by atoms with E-state index in [-0.39, 0.29) is 0 Å². The summed E-state index contributed by atoms with van der Waals surface area (Å²) < 4.78 is 5.07. The van der Waals surface area contributed by atoms with Gasteiger partial charge >= 0.3 is 0 Å². The lowest BCUT2D eigenvalue weighted by Crippen LogP contribution is -2.06. The fourth-order valence-electron chi connectivity index (χ4n) is 1.40. The van der Waals surface area contributed by atoms with Gasteiger partial charge in [0.2, 0.25) is 5.88 Å². The van der Waals surface area contributed by atoms with E-state index >= 15 is 0 Å². The molecule has 1 aromatic heterocycles. The van der Waals surface area contributed by atoms with Crippen LogP contribution in [0.4, 0.5) is 5.82 Å². The summed E-state index contributed by atoms with van der Waals surface area (Å²) in [7, 11) is 1.60. The van der Waals surface area contributed by atoms with Crippen molar-refractivity contribution in [3.63, 3.8) is 0 Å². The first-order valence-electron chi connectivity index (χ1n) is 5.60. The van der Waals surface area contributed by atoms with E-state index in [2.05, 4.69) is 15.3 Å². The zero-order valence-electron chi connectivity index (χ0n) is 9.99. The molecule has 5 heteroatoms. The van der Waals surface area contributed by atoms with E-state index in [4.69, 9.17) is 10.5 Å². The summed E-state index contributed by atoms with van der Waals surface area (Å²) in [6.07, 6.45) is 3.32. The maximum Gasteiger partial charge on any atom is 0.218 e. The van der Waals surface area contributed by atoms with Crippen LogP contribution in [0.25, 0.3) is 0 Å². The second-order valence-corrected chi connectivity index (χ2v) is 3.62. The van der Waals surface area contributed by atoms with E-state index in [1.807, 2.05) is 6.92 Å². The zero-order valence-corrected chi connectivity index (χ0v) is 9.99. The van der Waals surface area contributed by atoms with Crippen molar-refractivity contribution in [3.8, 4) is 5.88 Å². The average molecular weight is 224 g/mol. The van der Waals surface area contributed by atoms with E-state index < -0.39 is 0 Å². The van der Waals surface area contributed by atoms with E-state index in [0.717, 1.165) is 38.2 Å². The van der Waals surface area contributed by atoms with Gasteiger partial charge in [-0.1, -0.05) is 6.42 Å². The molecule has 0 bridgehead atoms. The summed E-state index contributed by atoms with van der Waals surface area (Å²) in [4.78, 5) is 8.39. The van der Waals surface area contributed by atoms with Gasteiger partial charge in [0.15, 0.2) is 0 Å². The topological polar surface area (TPSA) is 73.1 Å². The van der Waals surface area contributed by atoms with Gasteiger partial charge in [-0.3, -0.25) is 0 Å². The summed E-state index contributed by atoms with van der Waals surface area (Å²) in [6, 6.07) is 1.80. The van der Waals surface area contributed by atoms with Crippen molar-refractivity contribution in [2.45, 2.75) is 26.2 Å². The van der Waals surface area contributed by atoms with Gasteiger partial charge in [0.25, 0.3) is 0 Å². The molecule has 5 nitrogen and oxygen atoms in total. The third-order valence-electron chi connectivity index (χ3n) is 2.21.